The molecule has 0 saturated carbocycles. The monoisotopic (exact) mass is 299 g/mol. The van der Waals surface area contributed by atoms with Crippen LogP contribution >= 0.6 is 0 Å². The number of rotatable bonds is 8. The Bertz CT molecular complexity index is 451. The molecule has 1 aromatic carbocycles. The summed E-state index contributed by atoms with van der Waals surface area (Å²) in [6.45, 7) is 4.21. The van der Waals surface area contributed by atoms with Crippen LogP contribution in [0.4, 0.5) is 0 Å². The third kappa shape index (κ3) is 4.80. The number of hydrogen-bond acceptors (Lipinski definition) is 4. The third-order valence-electron chi connectivity index (χ3n) is 3.37. The van der Waals surface area contributed by atoms with Crippen LogP contribution in [0.1, 0.15) is 31.9 Å². The van der Waals surface area contributed by atoms with Crippen LogP contribution in [0.2, 0.25) is 0 Å². The highest BCUT2D eigenvalue weighted by Gasteiger charge is 2.17. The molecule has 0 saturated heterocycles. The van der Waals surface area contributed by atoms with Crippen molar-refractivity contribution >= 4 is 10.8 Å². The maximum absolute atomic E-state index is 12.1. The Morgan fingerprint density at radius 2 is 1.95 bits per heavy atom. The Morgan fingerprint density at radius 1 is 1.25 bits per heavy atom. The van der Waals surface area contributed by atoms with Gasteiger partial charge in [-0.1, -0.05) is 26.3 Å². The molecule has 0 aromatic heterocycles. The third-order valence-corrected chi connectivity index (χ3v) is 5.04. The normalized spacial score (nSPS) is 15.4. The fourth-order valence-corrected chi connectivity index (χ4v) is 3.50. The van der Waals surface area contributed by atoms with Crippen LogP contribution in [0.25, 0.3) is 0 Å². The highest BCUT2D eigenvalue weighted by atomic mass is 32.2. The summed E-state index contributed by atoms with van der Waals surface area (Å²) >= 11 is 0. The van der Waals surface area contributed by atoms with Crippen LogP contribution in [0.15, 0.2) is 18.2 Å². The Balaban J connectivity index is 2.76. The van der Waals surface area contributed by atoms with Gasteiger partial charge in [0.05, 0.1) is 14.2 Å². The summed E-state index contributed by atoms with van der Waals surface area (Å²) in [5, 5.41) is 0. The summed E-state index contributed by atoms with van der Waals surface area (Å²) in [6.07, 6.45) is 1.03. The van der Waals surface area contributed by atoms with E-state index in [4.69, 9.17) is 15.2 Å². The molecule has 1 aromatic rings. The van der Waals surface area contributed by atoms with E-state index in [0.717, 1.165) is 17.7 Å². The standard InChI is InChI=1S/C15H25NO3S/c1-5-11(2)9-20(17)10-14(16)13-7-6-12(18-3)8-15(13)19-4/h6-8,11,14H,5,9-10,16H2,1-4H3. The van der Waals surface area contributed by atoms with E-state index >= 15 is 0 Å². The number of hydrogen-bond donors (Lipinski definition) is 1. The topological polar surface area (TPSA) is 61.6 Å². The molecule has 3 atom stereocenters. The van der Waals surface area contributed by atoms with E-state index in [1.54, 1.807) is 20.3 Å². The Labute approximate surface area is 124 Å². The van der Waals surface area contributed by atoms with Crippen molar-refractivity contribution in [3.8, 4) is 11.5 Å². The van der Waals surface area contributed by atoms with Gasteiger partial charge in [0, 0.05) is 40.0 Å². The molecule has 0 amide bonds. The zero-order valence-electron chi connectivity index (χ0n) is 12.7. The lowest BCUT2D eigenvalue weighted by Gasteiger charge is -2.17. The lowest BCUT2D eigenvalue weighted by molar-refractivity contribution is 0.389. The molecular formula is C15H25NO3S. The fourth-order valence-electron chi connectivity index (χ4n) is 1.92. The van der Waals surface area contributed by atoms with Gasteiger partial charge in [-0.05, 0) is 12.0 Å². The van der Waals surface area contributed by atoms with E-state index < -0.39 is 10.8 Å². The summed E-state index contributed by atoms with van der Waals surface area (Å²) in [4.78, 5) is 0. The second-order valence-electron chi connectivity index (χ2n) is 5.00. The summed E-state index contributed by atoms with van der Waals surface area (Å²) in [6, 6.07) is 5.23. The van der Waals surface area contributed by atoms with Crippen LogP contribution in [0.3, 0.4) is 0 Å². The second-order valence-corrected chi connectivity index (χ2v) is 6.55. The summed E-state index contributed by atoms with van der Waals surface area (Å²) in [5.74, 6) is 3.01. The first-order valence-corrected chi connectivity index (χ1v) is 8.33. The van der Waals surface area contributed by atoms with Gasteiger partial charge in [0.2, 0.25) is 0 Å². The first kappa shape index (κ1) is 17.0. The molecule has 3 unspecified atom stereocenters. The number of methoxy groups -OCH3 is 2. The molecule has 0 radical (unpaired) electrons. The maximum Gasteiger partial charge on any atom is 0.127 e. The van der Waals surface area contributed by atoms with Gasteiger partial charge < -0.3 is 15.2 Å². The SMILES string of the molecule is CCC(C)CS(=O)CC(N)c1ccc(OC)cc1OC. The van der Waals surface area contributed by atoms with Gasteiger partial charge in [-0.25, -0.2) is 0 Å². The smallest absolute Gasteiger partial charge is 0.127 e. The van der Waals surface area contributed by atoms with Gasteiger partial charge in [0.15, 0.2) is 0 Å². The average Bonchev–Trinajstić information content (AvgIpc) is 2.45. The zero-order valence-corrected chi connectivity index (χ0v) is 13.5. The molecular weight excluding hydrogens is 274 g/mol. The van der Waals surface area contributed by atoms with Gasteiger partial charge in [-0.3, -0.25) is 4.21 Å². The number of benzene rings is 1. The molecule has 4 nitrogen and oxygen atoms in total. The Hall–Kier alpha value is -1.07. The second kappa shape index (κ2) is 8.27. The summed E-state index contributed by atoms with van der Waals surface area (Å²) in [5.41, 5.74) is 7.03. The molecule has 114 valence electrons. The van der Waals surface area contributed by atoms with Crippen molar-refractivity contribution in [3.05, 3.63) is 23.8 Å². The predicted molar refractivity (Wildman–Crippen MR) is 83.8 cm³/mol. The van der Waals surface area contributed by atoms with Crippen molar-refractivity contribution in [1.82, 2.24) is 0 Å². The van der Waals surface area contributed by atoms with Crippen LogP contribution in [0.5, 0.6) is 11.5 Å². The molecule has 20 heavy (non-hydrogen) atoms. The van der Waals surface area contributed by atoms with Crippen molar-refractivity contribution in [2.75, 3.05) is 25.7 Å². The lowest BCUT2D eigenvalue weighted by Crippen LogP contribution is -2.22. The van der Waals surface area contributed by atoms with E-state index in [1.165, 1.54) is 0 Å². The van der Waals surface area contributed by atoms with Crippen molar-refractivity contribution < 1.29 is 13.7 Å². The number of ether oxygens (including phenoxy) is 2. The number of nitrogens with two attached hydrogens (primary N) is 1. The van der Waals surface area contributed by atoms with Gasteiger partial charge in [-0.2, -0.15) is 0 Å². The van der Waals surface area contributed by atoms with Gasteiger partial charge >= 0.3 is 0 Å². The van der Waals surface area contributed by atoms with Crippen LogP contribution in [0, 0.1) is 5.92 Å². The quantitative estimate of drug-likeness (QED) is 0.801. The minimum Gasteiger partial charge on any atom is -0.497 e. The molecule has 0 aliphatic rings. The van der Waals surface area contributed by atoms with E-state index in [2.05, 4.69) is 13.8 Å². The highest BCUT2D eigenvalue weighted by Crippen LogP contribution is 2.29. The molecule has 0 aliphatic heterocycles. The van der Waals surface area contributed by atoms with Crippen molar-refractivity contribution in [2.24, 2.45) is 11.7 Å². The maximum atomic E-state index is 12.1. The molecule has 5 heteroatoms. The minimum absolute atomic E-state index is 0.291. The van der Waals surface area contributed by atoms with Crippen LogP contribution < -0.4 is 15.2 Å². The predicted octanol–water partition coefficient (Wildman–Crippen LogP) is 2.50. The van der Waals surface area contributed by atoms with Crippen molar-refractivity contribution in [1.29, 1.82) is 0 Å². The Kier molecular flexibility index (Phi) is 7.02. The molecule has 0 bridgehead atoms. The molecule has 0 aliphatic carbocycles. The van der Waals surface area contributed by atoms with Crippen LogP contribution in [-0.4, -0.2) is 29.9 Å². The summed E-state index contributed by atoms with van der Waals surface area (Å²) in [7, 11) is 2.30. The van der Waals surface area contributed by atoms with Crippen molar-refractivity contribution in [2.45, 2.75) is 26.3 Å². The first-order chi connectivity index (χ1) is 9.51. The first-order valence-electron chi connectivity index (χ1n) is 6.84. The van der Waals surface area contributed by atoms with Gasteiger partial charge in [0.25, 0.3) is 0 Å². The summed E-state index contributed by atoms with van der Waals surface area (Å²) < 4.78 is 22.6. The van der Waals surface area contributed by atoms with E-state index in [-0.39, 0.29) is 6.04 Å². The van der Waals surface area contributed by atoms with Gasteiger partial charge in [-0.15, -0.1) is 0 Å². The fraction of sp³-hybridized carbons (Fsp3) is 0.600. The molecule has 0 fully saturated rings. The van der Waals surface area contributed by atoms with E-state index in [0.29, 0.717) is 23.2 Å². The van der Waals surface area contributed by atoms with E-state index in [9.17, 15) is 4.21 Å². The van der Waals surface area contributed by atoms with E-state index in [1.807, 2.05) is 12.1 Å². The zero-order chi connectivity index (χ0) is 15.1. The van der Waals surface area contributed by atoms with Crippen LogP contribution in [-0.2, 0) is 10.8 Å². The minimum atomic E-state index is -0.910. The molecule has 1 rings (SSSR count). The van der Waals surface area contributed by atoms with Gasteiger partial charge in [0.1, 0.15) is 11.5 Å². The molecule has 2 N–H and O–H groups in total. The average molecular weight is 299 g/mol. The highest BCUT2D eigenvalue weighted by molar-refractivity contribution is 7.85. The Morgan fingerprint density at radius 3 is 2.50 bits per heavy atom. The van der Waals surface area contributed by atoms with Crippen molar-refractivity contribution in [3.63, 3.8) is 0 Å². The molecule has 0 spiro atoms. The molecule has 0 heterocycles. The largest absolute Gasteiger partial charge is 0.497 e. The lowest BCUT2D eigenvalue weighted by atomic mass is 10.1.